The van der Waals surface area contributed by atoms with Gasteiger partial charge in [-0.15, -0.1) is 11.3 Å². The van der Waals surface area contributed by atoms with Crippen LogP contribution >= 0.6 is 22.9 Å². The number of halogens is 1. The van der Waals surface area contributed by atoms with Crippen LogP contribution in [0.15, 0.2) is 11.4 Å². The number of hydrogen-bond donors (Lipinski definition) is 1. The van der Waals surface area contributed by atoms with Crippen LogP contribution < -0.4 is 5.32 Å². The smallest absolute Gasteiger partial charge is 0.0558 e. The summed E-state index contributed by atoms with van der Waals surface area (Å²) in [5.74, 6) is 0. The van der Waals surface area contributed by atoms with Crippen LogP contribution in [0.3, 0.4) is 0 Å². The lowest BCUT2D eigenvalue weighted by molar-refractivity contribution is 0.196. The summed E-state index contributed by atoms with van der Waals surface area (Å²) in [5.41, 5.74) is 0. The van der Waals surface area contributed by atoms with Crippen LogP contribution in [0.2, 0.25) is 5.02 Å². The molecule has 1 aromatic rings. The fourth-order valence-corrected chi connectivity index (χ4v) is 3.16. The van der Waals surface area contributed by atoms with Crippen molar-refractivity contribution in [3.05, 3.63) is 21.3 Å². The predicted molar refractivity (Wildman–Crippen MR) is 66.7 cm³/mol. The maximum Gasteiger partial charge on any atom is 0.0558 e. The van der Waals surface area contributed by atoms with Crippen molar-refractivity contribution in [2.75, 3.05) is 20.1 Å². The molecule has 0 unspecified atom stereocenters. The Morgan fingerprint density at radius 1 is 1.53 bits per heavy atom. The molecule has 2 rings (SSSR count). The van der Waals surface area contributed by atoms with E-state index in [2.05, 4.69) is 22.6 Å². The Balaban J connectivity index is 1.85. The second-order valence-corrected chi connectivity index (χ2v) is 5.44. The molecule has 2 heterocycles. The molecule has 0 radical (unpaired) electrons. The molecule has 1 saturated heterocycles. The second kappa shape index (κ2) is 5.30. The highest BCUT2D eigenvalue weighted by Crippen LogP contribution is 2.24. The fraction of sp³-hybridized carbons (Fsp3) is 0.636. The largest absolute Gasteiger partial charge is 0.317 e. The quantitative estimate of drug-likeness (QED) is 0.879. The predicted octanol–water partition coefficient (Wildman–Crippen LogP) is 2.59. The van der Waals surface area contributed by atoms with E-state index in [1.54, 1.807) is 11.3 Å². The van der Waals surface area contributed by atoms with Gasteiger partial charge in [0.2, 0.25) is 0 Å². The lowest BCUT2D eigenvalue weighted by atomic mass is 10.1. The summed E-state index contributed by atoms with van der Waals surface area (Å²) in [7, 11) is 2.05. The van der Waals surface area contributed by atoms with Crippen molar-refractivity contribution in [1.29, 1.82) is 0 Å². The Morgan fingerprint density at radius 2 is 2.27 bits per heavy atom. The van der Waals surface area contributed by atoms with Gasteiger partial charge in [0.1, 0.15) is 0 Å². The number of rotatable bonds is 3. The molecule has 0 bridgehead atoms. The van der Waals surface area contributed by atoms with Gasteiger partial charge in [0.25, 0.3) is 0 Å². The SMILES string of the molecule is CNC1CCN(Cc2sccc2Cl)CC1. The van der Waals surface area contributed by atoms with E-state index in [9.17, 15) is 0 Å². The van der Waals surface area contributed by atoms with Crippen molar-refractivity contribution in [3.8, 4) is 0 Å². The molecule has 0 spiro atoms. The van der Waals surface area contributed by atoms with Crippen LogP contribution in [0.25, 0.3) is 0 Å². The van der Waals surface area contributed by atoms with Crippen molar-refractivity contribution in [3.63, 3.8) is 0 Å². The highest BCUT2D eigenvalue weighted by Gasteiger charge is 2.18. The molecule has 0 aliphatic carbocycles. The number of hydrogen-bond acceptors (Lipinski definition) is 3. The monoisotopic (exact) mass is 244 g/mol. The topological polar surface area (TPSA) is 15.3 Å². The van der Waals surface area contributed by atoms with Crippen LogP contribution in [0, 0.1) is 0 Å². The average Bonchev–Trinajstić information content (AvgIpc) is 2.66. The first-order chi connectivity index (χ1) is 7.29. The minimum absolute atomic E-state index is 0.708. The Bertz CT molecular complexity index is 305. The first-order valence-corrected chi connectivity index (χ1v) is 6.67. The van der Waals surface area contributed by atoms with Crippen molar-refractivity contribution < 1.29 is 0 Å². The lowest BCUT2D eigenvalue weighted by Gasteiger charge is -2.31. The molecule has 2 nitrogen and oxygen atoms in total. The summed E-state index contributed by atoms with van der Waals surface area (Å²) in [6, 6.07) is 2.70. The van der Waals surface area contributed by atoms with Gasteiger partial charge in [-0.1, -0.05) is 11.6 Å². The van der Waals surface area contributed by atoms with Crippen molar-refractivity contribution in [2.45, 2.75) is 25.4 Å². The molecule has 1 aliphatic heterocycles. The minimum atomic E-state index is 0.708. The first kappa shape index (κ1) is 11.4. The highest BCUT2D eigenvalue weighted by atomic mass is 35.5. The maximum absolute atomic E-state index is 6.09. The minimum Gasteiger partial charge on any atom is -0.317 e. The highest BCUT2D eigenvalue weighted by molar-refractivity contribution is 7.10. The van der Waals surface area contributed by atoms with Gasteiger partial charge < -0.3 is 5.32 Å². The van der Waals surface area contributed by atoms with Gasteiger partial charge in [0.05, 0.1) is 5.02 Å². The summed E-state index contributed by atoms with van der Waals surface area (Å²) in [4.78, 5) is 3.80. The molecule has 84 valence electrons. The van der Waals surface area contributed by atoms with E-state index in [4.69, 9.17) is 11.6 Å². The first-order valence-electron chi connectivity index (χ1n) is 5.41. The molecule has 1 aliphatic rings. The number of nitrogens with one attached hydrogen (secondary N) is 1. The Morgan fingerprint density at radius 3 is 2.80 bits per heavy atom. The van der Waals surface area contributed by atoms with Crippen molar-refractivity contribution in [1.82, 2.24) is 10.2 Å². The molecule has 0 atom stereocenters. The molecule has 4 heteroatoms. The molecule has 0 aromatic carbocycles. The summed E-state index contributed by atoms with van der Waals surface area (Å²) >= 11 is 7.85. The Hall–Kier alpha value is -0.0900. The molecule has 15 heavy (non-hydrogen) atoms. The van der Waals surface area contributed by atoms with Gasteiger partial charge in [-0.3, -0.25) is 4.90 Å². The van der Waals surface area contributed by atoms with Crippen LogP contribution in [0.1, 0.15) is 17.7 Å². The lowest BCUT2D eigenvalue weighted by Crippen LogP contribution is -2.40. The molecule has 1 fully saturated rings. The van der Waals surface area contributed by atoms with E-state index in [1.165, 1.54) is 30.8 Å². The molecule has 1 N–H and O–H groups in total. The molecule has 0 saturated carbocycles. The van der Waals surface area contributed by atoms with Gasteiger partial charge in [-0.2, -0.15) is 0 Å². The van der Waals surface area contributed by atoms with E-state index < -0.39 is 0 Å². The average molecular weight is 245 g/mol. The number of thiophene rings is 1. The van der Waals surface area contributed by atoms with Crippen LogP contribution in [0.5, 0.6) is 0 Å². The van der Waals surface area contributed by atoms with Gasteiger partial charge in [0, 0.05) is 17.5 Å². The zero-order chi connectivity index (χ0) is 10.7. The normalized spacial score (nSPS) is 19.6. The second-order valence-electron chi connectivity index (χ2n) is 4.03. The van der Waals surface area contributed by atoms with E-state index >= 15 is 0 Å². The third-order valence-electron chi connectivity index (χ3n) is 3.05. The molecule has 1 aromatic heterocycles. The molecular formula is C11H17ClN2S. The number of likely N-dealkylation sites (tertiary alicyclic amines) is 1. The van der Waals surface area contributed by atoms with Gasteiger partial charge >= 0.3 is 0 Å². The van der Waals surface area contributed by atoms with Crippen LogP contribution in [-0.4, -0.2) is 31.1 Å². The fourth-order valence-electron chi connectivity index (χ4n) is 2.02. The Labute approximate surface area is 100 Å². The van der Waals surface area contributed by atoms with Gasteiger partial charge in [-0.05, 0) is 44.4 Å². The van der Waals surface area contributed by atoms with Gasteiger partial charge in [0.15, 0.2) is 0 Å². The summed E-state index contributed by atoms with van der Waals surface area (Å²) in [6.07, 6.45) is 2.50. The third-order valence-corrected chi connectivity index (χ3v) is 4.43. The number of piperidine rings is 1. The standard InChI is InChI=1S/C11H17ClN2S/c1-13-9-2-5-14(6-3-9)8-11-10(12)4-7-15-11/h4,7,9,13H,2-3,5-6,8H2,1H3. The number of nitrogens with zero attached hydrogens (tertiary/aromatic N) is 1. The van der Waals surface area contributed by atoms with E-state index in [1.807, 2.05) is 6.07 Å². The van der Waals surface area contributed by atoms with E-state index in [-0.39, 0.29) is 0 Å². The molecule has 0 amide bonds. The summed E-state index contributed by atoms with van der Waals surface area (Å²) in [5, 5.41) is 6.34. The van der Waals surface area contributed by atoms with Crippen LogP contribution in [-0.2, 0) is 6.54 Å². The zero-order valence-electron chi connectivity index (χ0n) is 9.00. The Kier molecular flexibility index (Phi) is 4.03. The van der Waals surface area contributed by atoms with E-state index in [0.29, 0.717) is 6.04 Å². The third kappa shape index (κ3) is 2.94. The maximum atomic E-state index is 6.09. The summed E-state index contributed by atoms with van der Waals surface area (Å²) in [6.45, 7) is 3.38. The van der Waals surface area contributed by atoms with E-state index in [0.717, 1.165) is 11.6 Å². The zero-order valence-corrected chi connectivity index (χ0v) is 10.6. The van der Waals surface area contributed by atoms with Crippen molar-refractivity contribution >= 4 is 22.9 Å². The van der Waals surface area contributed by atoms with Crippen LogP contribution in [0.4, 0.5) is 0 Å². The van der Waals surface area contributed by atoms with Crippen molar-refractivity contribution in [2.24, 2.45) is 0 Å². The summed E-state index contributed by atoms with van der Waals surface area (Å²) < 4.78 is 0. The molecular weight excluding hydrogens is 228 g/mol. The van der Waals surface area contributed by atoms with Gasteiger partial charge in [-0.25, -0.2) is 0 Å².